The molecule has 2 fully saturated rings. The lowest BCUT2D eigenvalue weighted by molar-refractivity contribution is 0.103. The van der Waals surface area contributed by atoms with Gasteiger partial charge in [0.15, 0.2) is 5.65 Å². The number of aromatic amines is 1. The quantitative estimate of drug-likeness (QED) is 0.283. The summed E-state index contributed by atoms with van der Waals surface area (Å²) in [6, 6.07) is 13.5. The fourth-order valence-electron chi connectivity index (χ4n) is 6.52. The summed E-state index contributed by atoms with van der Waals surface area (Å²) in [6.07, 6.45) is 7.38. The van der Waals surface area contributed by atoms with Crippen molar-refractivity contribution in [3.8, 4) is 0 Å². The number of aromatic nitrogens is 6. The standard InChI is InChI=1S/C31H33FN8O2/c32-21-8-14-37(18-21)12-4-13-39-19-24(23-5-1-2-6-26(23)39)29(41)25-17-28(35-20-34-25)38-15-9-22(10-16-38)40-27-7-3-11-33-30(27)36-31(40)42/h1-3,5-7,11,17,19-22H,4,8-10,12-16,18H2,(H,33,36,42)/t21-/m0/s1. The summed E-state index contributed by atoms with van der Waals surface area (Å²) in [5.41, 5.74) is 3.26. The van der Waals surface area contributed by atoms with Crippen LogP contribution in [0.5, 0.6) is 0 Å². The summed E-state index contributed by atoms with van der Waals surface area (Å²) in [6.45, 7) is 4.32. The van der Waals surface area contributed by atoms with Crippen molar-refractivity contribution in [2.75, 3.05) is 37.6 Å². The third kappa shape index (κ3) is 4.98. The first kappa shape index (κ1) is 26.5. The lowest BCUT2D eigenvalue weighted by Crippen LogP contribution is -2.37. The van der Waals surface area contributed by atoms with Crippen LogP contribution < -0.4 is 10.6 Å². The Morgan fingerprint density at radius 1 is 0.976 bits per heavy atom. The number of carbonyl (C=O) groups excluding carboxylic acids is 1. The van der Waals surface area contributed by atoms with E-state index in [2.05, 4.69) is 34.3 Å². The van der Waals surface area contributed by atoms with Crippen LogP contribution in [0.1, 0.15) is 47.8 Å². The van der Waals surface area contributed by atoms with Gasteiger partial charge in [0.2, 0.25) is 5.78 Å². The molecule has 1 atom stereocenters. The molecule has 1 aromatic carbocycles. The van der Waals surface area contributed by atoms with E-state index in [1.165, 1.54) is 6.33 Å². The number of hydrogen-bond acceptors (Lipinski definition) is 7. The fourth-order valence-corrected chi connectivity index (χ4v) is 6.52. The Labute approximate surface area is 241 Å². The number of nitrogens with one attached hydrogen (secondary N) is 1. The van der Waals surface area contributed by atoms with Crippen molar-refractivity contribution in [3.05, 3.63) is 82.9 Å². The van der Waals surface area contributed by atoms with Crippen molar-refractivity contribution >= 4 is 33.7 Å². The van der Waals surface area contributed by atoms with Gasteiger partial charge in [-0.3, -0.25) is 14.3 Å². The largest absolute Gasteiger partial charge is 0.356 e. The maximum absolute atomic E-state index is 13.8. The highest BCUT2D eigenvalue weighted by Gasteiger charge is 2.26. The number of imidazole rings is 1. The summed E-state index contributed by atoms with van der Waals surface area (Å²) >= 11 is 0. The molecule has 7 rings (SSSR count). The van der Waals surface area contributed by atoms with Crippen molar-refractivity contribution in [1.29, 1.82) is 0 Å². The fraction of sp³-hybridized carbons (Fsp3) is 0.387. The molecule has 0 unspecified atom stereocenters. The molecule has 2 aliphatic rings. The maximum Gasteiger partial charge on any atom is 0.327 e. The molecule has 11 heteroatoms. The van der Waals surface area contributed by atoms with Gasteiger partial charge >= 0.3 is 5.69 Å². The van der Waals surface area contributed by atoms with Crippen LogP contribution in [0, 0.1) is 0 Å². The van der Waals surface area contributed by atoms with Crippen molar-refractivity contribution in [3.63, 3.8) is 0 Å². The van der Waals surface area contributed by atoms with Crippen LogP contribution in [0.15, 0.2) is 66.0 Å². The number of anilines is 1. The molecule has 0 amide bonds. The number of pyridine rings is 1. The average Bonchev–Trinajstić information content (AvgIpc) is 3.71. The molecule has 0 bridgehead atoms. The summed E-state index contributed by atoms with van der Waals surface area (Å²) in [7, 11) is 0. The molecule has 10 nitrogen and oxygen atoms in total. The van der Waals surface area contributed by atoms with E-state index in [-0.39, 0.29) is 17.5 Å². The lowest BCUT2D eigenvalue weighted by Gasteiger charge is -2.33. The molecule has 216 valence electrons. The summed E-state index contributed by atoms with van der Waals surface area (Å²) in [5.74, 6) is 0.571. The van der Waals surface area contributed by atoms with Gasteiger partial charge < -0.3 is 14.4 Å². The van der Waals surface area contributed by atoms with E-state index in [1.54, 1.807) is 12.3 Å². The molecule has 0 spiro atoms. The molecule has 6 heterocycles. The van der Waals surface area contributed by atoms with Crippen LogP contribution in [0.3, 0.4) is 0 Å². The van der Waals surface area contributed by atoms with Gasteiger partial charge in [-0.25, -0.2) is 24.1 Å². The Kier molecular flexibility index (Phi) is 7.02. The lowest BCUT2D eigenvalue weighted by atomic mass is 10.0. The van der Waals surface area contributed by atoms with Gasteiger partial charge in [0, 0.05) is 73.7 Å². The van der Waals surface area contributed by atoms with E-state index < -0.39 is 6.17 Å². The van der Waals surface area contributed by atoms with Crippen LogP contribution in [-0.4, -0.2) is 78.6 Å². The number of halogens is 1. The minimum absolute atomic E-state index is 0.0599. The minimum atomic E-state index is -0.715. The Morgan fingerprint density at radius 3 is 2.64 bits per heavy atom. The topological polar surface area (TPSA) is 105 Å². The van der Waals surface area contributed by atoms with E-state index in [1.807, 2.05) is 47.2 Å². The number of aryl methyl sites for hydroxylation is 1. The first-order valence-electron chi connectivity index (χ1n) is 14.7. The number of rotatable bonds is 8. The number of fused-ring (bicyclic) bond motifs is 2. The molecule has 2 aliphatic heterocycles. The second-order valence-corrected chi connectivity index (χ2v) is 11.3. The van der Waals surface area contributed by atoms with E-state index in [0.29, 0.717) is 48.8 Å². The number of ketones is 1. The number of carbonyl (C=O) groups is 1. The Bertz CT molecular complexity index is 1800. The number of para-hydroxylation sites is 1. The molecule has 5 aromatic rings. The van der Waals surface area contributed by atoms with E-state index in [4.69, 9.17) is 0 Å². The van der Waals surface area contributed by atoms with Gasteiger partial charge in [-0.2, -0.15) is 0 Å². The van der Waals surface area contributed by atoms with Crippen molar-refractivity contribution in [2.24, 2.45) is 0 Å². The molecule has 42 heavy (non-hydrogen) atoms. The predicted octanol–water partition coefficient (Wildman–Crippen LogP) is 3.98. The van der Waals surface area contributed by atoms with E-state index >= 15 is 0 Å². The van der Waals surface area contributed by atoms with Gasteiger partial charge in [-0.15, -0.1) is 0 Å². The maximum atomic E-state index is 13.8. The highest BCUT2D eigenvalue weighted by atomic mass is 19.1. The zero-order valence-corrected chi connectivity index (χ0v) is 23.3. The predicted molar refractivity (Wildman–Crippen MR) is 159 cm³/mol. The number of alkyl halides is 1. The van der Waals surface area contributed by atoms with Crippen LogP contribution >= 0.6 is 0 Å². The van der Waals surface area contributed by atoms with Crippen molar-refractivity contribution in [1.82, 2.24) is 34.0 Å². The summed E-state index contributed by atoms with van der Waals surface area (Å²) in [5, 5.41) is 0.895. The van der Waals surface area contributed by atoms with Gasteiger partial charge in [-0.05, 0) is 50.4 Å². The smallest absolute Gasteiger partial charge is 0.327 e. The SMILES string of the molecule is O=C(c1cc(N2CCC(n3c(=O)[nH]c4ncccc43)CC2)ncn1)c1cn(CCCN2CC[C@H](F)C2)c2ccccc12. The number of benzene rings is 1. The zero-order chi connectivity index (χ0) is 28.6. The van der Waals surface area contributed by atoms with E-state index in [0.717, 1.165) is 55.3 Å². The Morgan fingerprint density at radius 2 is 1.81 bits per heavy atom. The van der Waals surface area contributed by atoms with Crippen LogP contribution in [-0.2, 0) is 6.54 Å². The first-order chi connectivity index (χ1) is 20.5. The number of nitrogens with zero attached hydrogens (tertiary/aromatic N) is 7. The Balaban J connectivity index is 1.07. The highest BCUT2D eigenvalue weighted by Crippen LogP contribution is 2.28. The van der Waals surface area contributed by atoms with Crippen molar-refractivity contribution in [2.45, 2.75) is 44.4 Å². The van der Waals surface area contributed by atoms with Gasteiger partial charge in [0.05, 0.1) is 5.52 Å². The number of likely N-dealkylation sites (tertiary alicyclic amines) is 1. The molecule has 0 radical (unpaired) electrons. The zero-order valence-electron chi connectivity index (χ0n) is 23.3. The monoisotopic (exact) mass is 568 g/mol. The normalized spacial score (nSPS) is 18.4. The van der Waals surface area contributed by atoms with Crippen LogP contribution in [0.25, 0.3) is 22.1 Å². The van der Waals surface area contributed by atoms with E-state index in [9.17, 15) is 14.0 Å². The molecule has 1 N–H and O–H groups in total. The van der Waals surface area contributed by atoms with Gasteiger partial charge in [0.1, 0.15) is 24.0 Å². The minimum Gasteiger partial charge on any atom is -0.356 e. The number of hydrogen-bond donors (Lipinski definition) is 1. The van der Waals surface area contributed by atoms with Crippen LogP contribution in [0.4, 0.5) is 10.2 Å². The van der Waals surface area contributed by atoms with Gasteiger partial charge in [-0.1, -0.05) is 18.2 Å². The van der Waals surface area contributed by atoms with Crippen LogP contribution in [0.2, 0.25) is 0 Å². The molecule has 0 saturated carbocycles. The molecule has 4 aromatic heterocycles. The summed E-state index contributed by atoms with van der Waals surface area (Å²) in [4.78, 5) is 46.7. The second kappa shape index (κ2) is 11.1. The Hall–Kier alpha value is -4.38. The molecular weight excluding hydrogens is 535 g/mol. The second-order valence-electron chi connectivity index (χ2n) is 11.3. The molecule has 2 saturated heterocycles. The number of piperidine rings is 1. The molecule has 0 aliphatic carbocycles. The molecular formula is C31H33FN8O2. The third-order valence-corrected chi connectivity index (χ3v) is 8.65. The first-order valence-corrected chi connectivity index (χ1v) is 14.7. The summed E-state index contributed by atoms with van der Waals surface area (Å²) < 4.78 is 17.5. The number of H-pyrrole nitrogens is 1. The average molecular weight is 569 g/mol. The van der Waals surface area contributed by atoms with Gasteiger partial charge in [0.25, 0.3) is 0 Å². The van der Waals surface area contributed by atoms with Crippen molar-refractivity contribution < 1.29 is 9.18 Å². The highest BCUT2D eigenvalue weighted by molar-refractivity contribution is 6.15. The third-order valence-electron chi connectivity index (χ3n) is 8.65.